The summed E-state index contributed by atoms with van der Waals surface area (Å²) < 4.78 is 1.57. The van der Waals surface area contributed by atoms with E-state index in [9.17, 15) is 9.59 Å². The largest absolute Gasteiger partial charge is 0.384 e. The number of allylic oxidation sites excluding steroid dienone is 1. The molecule has 0 radical (unpaired) electrons. The molecule has 0 saturated carbocycles. The van der Waals surface area contributed by atoms with Crippen molar-refractivity contribution < 1.29 is 4.79 Å². The van der Waals surface area contributed by atoms with Gasteiger partial charge in [0.1, 0.15) is 18.1 Å². The van der Waals surface area contributed by atoms with Gasteiger partial charge in [0, 0.05) is 24.3 Å². The summed E-state index contributed by atoms with van der Waals surface area (Å²) in [5.41, 5.74) is 10.4. The third-order valence-corrected chi connectivity index (χ3v) is 6.17. The predicted molar refractivity (Wildman–Crippen MR) is 141 cm³/mol. The Morgan fingerprint density at radius 3 is 2.57 bits per heavy atom. The first kappa shape index (κ1) is 24.0. The van der Waals surface area contributed by atoms with E-state index < -0.39 is 0 Å². The number of anilines is 1. The Balaban J connectivity index is 1.48. The molecule has 1 aliphatic carbocycles. The monoisotopic (exact) mass is 469 g/mol. The molecular formula is C28H31N5O2. The Kier molecular flexibility index (Phi) is 7.45. The van der Waals surface area contributed by atoms with Crippen molar-refractivity contribution in [3.63, 3.8) is 0 Å². The van der Waals surface area contributed by atoms with Crippen LogP contribution in [0.3, 0.4) is 0 Å². The number of nitrogen functional groups attached to an aromatic ring is 1. The Bertz CT molecular complexity index is 1290. The second kappa shape index (κ2) is 10.9. The van der Waals surface area contributed by atoms with Crippen molar-refractivity contribution in [2.75, 3.05) is 11.9 Å². The van der Waals surface area contributed by atoms with E-state index in [1.165, 1.54) is 5.56 Å². The first-order valence-corrected chi connectivity index (χ1v) is 11.8. The minimum absolute atomic E-state index is 0.00404. The van der Waals surface area contributed by atoms with Crippen molar-refractivity contribution in [1.82, 2.24) is 9.88 Å². The highest BCUT2D eigenvalue weighted by Gasteiger charge is 2.19. The molecule has 0 aliphatic heterocycles. The summed E-state index contributed by atoms with van der Waals surface area (Å²) >= 11 is 0. The molecule has 1 aliphatic rings. The van der Waals surface area contributed by atoms with Gasteiger partial charge < -0.3 is 16.4 Å². The van der Waals surface area contributed by atoms with Gasteiger partial charge in [0.2, 0.25) is 5.91 Å². The molecule has 0 saturated heterocycles. The summed E-state index contributed by atoms with van der Waals surface area (Å²) in [4.78, 5) is 26.1. The fraction of sp³-hybridized carbons (Fsp3) is 0.250. The molecule has 1 aromatic heterocycles. The molecule has 1 amide bonds. The zero-order valence-corrected chi connectivity index (χ0v) is 19.9. The molecule has 0 fully saturated rings. The fourth-order valence-electron chi connectivity index (χ4n) is 4.24. The van der Waals surface area contributed by atoms with E-state index in [2.05, 4.69) is 35.8 Å². The van der Waals surface area contributed by atoms with E-state index in [-0.39, 0.29) is 23.8 Å². The van der Waals surface area contributed by atoms with Gasteiger partial charge >= 0.3 is 0 Å². The lowest BCUT2D eigenvalue weighted by Crippen LogP contribution is -2.35. The van der Waals surface area contributed by atoms with E-state index in [1.54, 1.807) is 16.7 Å². The number of fused-ring (bicyclic) bond motifs is 1. The van der Waals surface area contributed by atoms with Gasteiger partial charge in [-0.2, -0.15) is 0 Å². The molecule has 1 unspecified atom stereocenters. The summed E-state index contributed by atoms with van der Waals surface area (Å²) in [6, 6.07) is 19.2. The van der Waals surface area contributed by atoms with Crippen LogP contribution in [0.4, 0.5) is 5.69 Å². The molecule has 3 aromatic rings. The molecule has 7 nitrogen and oxygen atoms in total. The van der Waals surface area contributed by atoms with E-state index >= 15 is 0 Å². The quantitative estimate of drug-likeness (QED) is 0.284. The van der Waals surface area contributed by atoms with Gasteiger partial charge in [-0.1, -0.05) is 67.6 Å². The van der Waals surface area contributed by atoms with E-state index in [4.69, 9.17) is 11.1 Å². The maximum Gasteiger partial charge on any atom is 0.274 e. The highest BCUT2D eigenvalue weighted by molar-refractivity contribution is 5.94. The Morgan fingerprint density at radius 2 is 1.86 bits per heavy atom. The molecule has 5 N–H and O–H groups in total. The number of benzene rings is 2. The van der Waals surface area contributed by atoms with Crippen LogP contribution in [0.25, 0.3) is 6.08 Å². The highest BCUT2D eigenvalue weighted by atomic mass is 16.2. The van der Waals surface area contributed by atoms with Crippen LogP contribution in [0.1, 0.15) is 34.9 Å². The number of aromatic nitrogens is 1. The van der Waals surface area contributed by atoms with E-state index in [0.717, 1.165) is 29.7 Å². The number of nitrogens with zero attached hydrogens (tertiary/aromatic N) is 1. The number of carbonyl (C=O) groups is 1. The SMILES string of the molecule is CC1C=Cc2c(cc(NCCc3ccccc3)c(=O)n2CC(=O)NCc2ccc(C(=N)N)cc2)C1. The first-order valence-electron chi connectivity index (χ1n) is 11.8. The molecule has 35 heavy (non-hydrogen) atoms. The number of amides is 1. The standard InChI is InChI=1S/C28H31N5O2/c1-19-7-12-25-23(15-19)16-24(31-14-13-20-5-3-2-4-6-20)28(35)33(25)18-26(34)32-17-21-8-10-22(11-9-21)27(29)30/h2-12,16,19,31H,13-15,17-18H2,1H3,(H3,29,30)(H,32,34). The highest BCUT2D eigenvalue weighted by Crippen LogP contribution is 2.24. The van der Waals surface area contributed by atoms with Crippen molar-refractivity contribution in [3.05, 3.63) is 105 Å². The number of pyridine rings is 1. The number of carbonyl (C=O) groups excluding carboxylic acids is 1. The number of rotatable bonds is 9. The van der Waals surface area contributed by atoms with Crippen molar-refractivity contribution in [2.24, 2.45) is 11.7 Å². The molecule has 180 valence electrons. The second-order valence-electron chi connectivity index (χ2n) is 8.95. The van der Waals surface area contributed by atoms with Gasteiger partial charge in [0.05, 0.1) is 0 Å². The summed E-state index contributed by atoms with van der Waals surface area (Å²) in [7, 11) is 0. The zero-order valence-electron chi connectivity index (χ0n) is 19.9. The van der Waals surface area contributed by atoms with Crippen molar-refractivity contribution in [2.45, 2.75) is 32.9 Å². The molecular weight excluding hydrogens is 438 g/mol. The summed E-state index contributed by atoms with van der Waals surface area (Å²) in [6.45, 7) is 3.04. The van der Waals surface area contributed by atoms with Crippen LogP contribution in [0.5, 0.6) is 0 Å². The van der Waals surface area contributed by atoms with Crippen molar-refractivity contribution >= 4 is 23.5 Å². The Hall–Kier alpha value is -4.13. The van der Waals surface area contributed by atoms with Crippen molar-refractivity contribution in [3.8, 4) is 0 Å². The predicted octanol–water partition coefficient (Wildman–Crippen LogP) is 3.31. The maximum absolute atomic E-state index is 13.3. The van der Waals surface area contributed by atoms with Crippen LogP contribution in [-0.2, 0) is 30.7 Å². The van der Waals surface area contributed by atoms with Gasteiger partial charge in [-0.05, 0) is 47.6 Å². The summed E-state index contributed by atoms with van der Waals surface area (Å²) in [5.74, 6) is 0.139. The second-order valence-corrected chi connectivity index (χ2v) is 8.95. The topological polar surface area (TPSA) is 113 Å². The number of amidine groups is 1. The minimum atomic E-state index is -0.238. The van der Waals surface area contributed by atoms with Gasteiger partial charge in [0.25, 0.3) is 5.56 Å². The molecule has 0 spiro atoms. The van der Waals surface area contributed by atoms with E-state index in [1.807, 2.05) is 42.5 Å². The van der Waals surface area contributed by atoms with Crippen LogP contribution in [0.2, 0.25) is 0 Å². The lowest BCUT2D eigenvalue weighted by atomic mass is 9.93. The smallest absolute Gasteiger partial charge is 0.274 e. The van der Waals surface area contributed by atoms with Gasteiger partial charge in [-0.3, -0.25) is 19.6 Å². The van der Waals surface area contributed by atoms with Gasteiger partial charge in [-0.15, -0.1) is 0 Å². The van der Waals surface area contributed by atoms with E-state index in [0.29, 0.717) is 30.3 Å². The number of hydrogen-bond acceptors (Lipinski definition) is 4. The number of nitrogens with one attached hydrogen (secondary N) is 3. The molecule has 2 aromatic carbocycles. The fourth-order valence-corrected chi connectivity index (χ4v) is 4.24. The molecule has 4 rings (SSSR count). The van der Waals surface area contributed by atoms with Gasteiger partial charge in [-0.25, -0.2) is 0 Å². The Morgan fingerprint density at radius 1 is 1.11 bits per heavy atom. The summed E-state index contributed by atoms with van der Waals surface area (Å²) in [6.07, 6.45) is 5.65. The summed E-state index contributed by atoms with van der Waals surface area (Å²) in [5, 5.41) is 13.7. The minimum Gasteiger partial charge on any atom is -0.384 e. The van der Waals surface area contributed by atoms with Crippen LogP contribution in [-0.4, -0.2) is 22.9 Å². The molecule has 1 atom stereocenters. The van der Waals surface area contributed by atoms with Crippen LogP contribution < -0.4 is 21.9 Å². The third kappa shape index (κ3) is 6.06. The first-order chi connectivity index (χ1) is 16.9. The maximum atomic E-state index is 13.3. The lowest BCUT2D eigenvalue weighted by molar-refractivity contribution is -0.121. The normalized spacial score (nSPS) is 14.3. The van der Waals surface area contributed by atoms with Crippen LogP contribution >= 0.6 is 0 Å². The zero-order chi connectivity index (χ0) is 24.8. The number of hydrogen-bond donors (Lipinski definition) is 4. The average Bonchev–Trinajstić information content (AvgIpc) is 2.86. The van der Waals surface area contributed by atoms with Crippen LogP contribution in [0.15, 0.2) is 71.5 Å². The Labute approximate surface area is 205 Å². The third-order valence-electron chi connectivity index (χ3n) is 6.17. The van der Waals surface area contributed by atoms with Crippen molar-refractivity contribution in [1.29, 1.82) is 5.41 Å². The average molecular weight is 470 g/mol. The molecule has 0 bridgehead atoms. The number of nitrogens with two attached hydrogens (primary N) is 1. The van der Waals surface area contributed by atoms with Gasteiger partial charge in [0.15, 0.2) is 0 Å². The molecule has 7 heteroatoms. The van der Waals surface area contributed by atoms with Crippen LogP contribution in [0, 0.1) is 11.3 Å². The molecule has 1 heterocycles. The lowest BCUT2D eigenvalue weighted by Gasteiger charge is -2.22.